The summed E-state index contributed by atoms with van der Waals surface area (Å²) in [6.07, 6.45) is 3.57. The average molecular weight is 353 g/mol. The number of hydrogen-bond acceptors (Lipinski definition) is 4. The fourth-order valence-electron chi connectivity index (χ4n) is 2.19. The van der Waals surface area contributed by atoms with Crippen LogP contribution in [0.1, 0.15) is 5.56 Å². The Balaban J connectivity index is 1.47. The molecule has 6 heteroatoms. The van der Waals surface area contributed by atoms with E-state index in [1.807, 2.05) is 72.4 Å². The Morgan fingerprint density at radius 2 is 1.92 bits per heavy atom. The molecule has 0 aliphatic carbocycles. The van der Waals surface area contributed by atoms with Gasteiger partial charge in [-0.25, -0.2) is 4.98 Å². The van der Waals surface area contributed by atoms with E-state index in [1.54, 1.807) is 6.20 Å². The average Bonchev–Trinajstić information content (AvgIpc) is 3.05. The van der Waals surface area contributed by atoms with Crippen molar-refractivity contribution < 1.29 is 9.53 Å². The zero-order chi connectivity index (χ0) is 17.5. The van der Waals surface area contributed by atoms with Gasteiger partial charge in [0.1, 0.15) is 12.4 Å². The van der Waals surface area contributed by atoms with Gasteiger partial charge in [-0.3, -0.25) is 4.79 Å². The van der Waals surface area contributed by atoms with Crippen LogP contribution in [0, 0.1) is 0 Å². The van der Waals surface area contributed by atoms with Crippen molar-refractivity contribution in [2.75, 3.05) is 11.1 Å². The number of aryl methyl sites for hydroxylation is 1. The first-order valence-corrected chi connectivity index (χ1v) is 8.86. The maximum Gasteiger partial charge on any atom is 0.234 e. The van der Waals surface area contributed by atoms with Crippen molar-refractivity contribution in [1.82, 2.24) is 9.55 Å². The summed E-state index contributed by atoms with van der Waals surface area (Å²) >= 11 is 1.41. The van der Waals surface area contributed by atoms with Crippen molar-refractivity contribution in [3.05, 3.63) is 72.6 Å². The molecule has 0 unspecified atom stereocenters. The molecule has 1 aromatic heterocycles. The Hall–Kier alpha value is -2.73. The van der Waals surface area contributed by atoms with E-state index >= 15 is 0 Å². The van der Waals surface area contributed by atoms with E-state index in [2.05, 4.69) is 10.3 Å². The summed E-state index contributed by atoms with van der Waals surface area (Å²) in [5.41, 5.74) is 1.86. The van der Waals surface area contributed by atoms with Gasteiger partial charge in [0.2, 0.25) is 5.91 Å². The second kappa shape index (κ2) is 8.39. The normalized spacial score (nSPS) is 10.4. The van der Waals surface area contributed by atoms with Crippen LogP contribution in [0.5, 0.6) is 5.75 Å². The Labute approximate surface area is 151 Å². The lowest BCUT2D eigenvalue weighted by molar-refractivity contribution is -0.113. The number of carbonyl (C=O) groups excluding carboxylic acids is 1. The zero-order valence-corrected chi connectivity index (χ0v) is 14.7. The minimum absolute atomic E-state index is 0.0639. The van der Waals surface area contributed by atoms with E-state index in [1.165, 1.54) is 11.8 Å². The SMILES string of the molecule is Cn1ccnc1SCC(=O)Nc1ccc(OCc2ccccc2)cc1. The number of nitrogens with one attached hydrogen (secondary N) is 1. The third-order valence-corrected chi connectivity index (χ3v) is 4.55. The van der Waals surface area contributed by atoms with Crippen LogP contribution >= 0.6 is 11.8 Å². The molecule has 25 heavy (non-hydrogen) atoms. The number of aromatic nitrogens is 2. The molecule has 0 bridgehead atoms. The van der Waals surface area contributed by atoms with Gasteiger partial charge in [0.05, 0.1) is 5.75 Å². The largest absolute Gasteiger partial charge is 0.489 e. The summed E-state index contributed by atoms with van der Waals surface area (Å²) in [6.45, 7) is 0.521. The van der Waals surface area contributed by atoms with Crippen LogP contribution in [0.4, 0.5) is 5.69 Å². The molecule has 0 saturated carbocycles. The van der Waals surface area contributed by atoms with Crippen LogP contribution in [-0.4, -0.2) is 21.2 Å². The maximum absolute atomic E-state index is 12.0. The lowest BCUT2D eigenvalue weighted by Crippen LogP contribution is -2.14. The molecule has 0 atom stereocenters. The summed E-state index contributed by atoms with van der Waals surface area (Å²) in [5, 5.41) is 3.69. The van der Waals surface area contributed by atoms with Crippen molar-refractivity contribution in [2.24, 2.45) is 7.05 Å². The highest BCUT2D eigenvalue weighted by Gasteiger charge is 2.06. The van der Waals surface area contributed by atoms with Gasteiger partial charge < -0.3 is 14.6 Å². The van der Waals surface area contributed by atoms with Gasteiger partial charge >= 0.3 is 0 Å². The Morgan fingerprint density at radius 1 is 1.16 bits per heavy atom. The zero-order valence-electron chi connectivity index (χ0n) is 13.9. The van der Waals surface area contributed by atoms with Crippen LogP contribution in [-0.2, 0) is 18.4 Å². The monoisotopic (exact) mass is 353 g/mol. The molecular formula is C19H19N3O2S. The highest BCUT2D eigenvalue weighted by Crippen LogP contribution is 2.18. The quantitative estimate of drug-likeness (QED) is 0.658. The molecule has 0 aliphatic heterocycles. The van der Waals surface area contributed by atoms with Crippen LogP contribution in [0.3, 0.4) is 0 Å². The van der Waals surface area contributed by atoms with Gasteiger partial charge in [-0.1, -0.05) is 42.1 Å². The number of imidazole rings is 1. The van der Waals surface area contributed by atoms with E-state index in [0.717, 1.165) is 22.2 Å². The van der Waals surface area contributed by atoms with Gasteiger partial charge in [0.15, 0.2) is 5.16 Å². The standard InChI is InChI=1S/C19H19N3O2S/c1-22-12-11-20-19(22)25-14-18(23)21-16-7-9-17(10-8-16)24-13-15-5-3-2-4-6-15/h2-12H,13-14H2,1H3,(H,21,23). The lowest BCUT2D eigenvalue weighted by Gasteiger charge is -2.08. The maximum atomic E-state index is 12.0. The van der Waals surface area contributed by atoms with Crippen LogP contribution in [0.15, 0.2) is 72.1 Å². The second-order valence-electron chi connectivity index (χ2n) is 5.46. The van der Waals surface area contributed by atoms with Crippen molar-refractivity contribution in [3.8, 4) is 5.75 Å². The van der Waals surface area contributed by atoms with E-state index in [-0.39, 0.29) is 5.91 Å². The Morgan fingerprint density at radius 3 is 2.60 bits per heavy atom. The molecule has 0 saturated heterocycles. The Bertz CT molecular complexity index is 816. The fraction of sp³-hybridized carbons (Fsp3) is 0.158. The van der Waals surface area contributed by atoms with Crippen molar-refractivity contribution in [3.63, 3.8) is 0 Å². The van der Waals surface area contributed by atoms with Gasteiger partial charge in [0, 0.05) is 25.1 Å². The minimum atomic E-state index is -0.0639. The second-order valence-corrected chi connectivity index (χ2v) is 6.40. The van der Waals surface area contributed by atoms with Crippen molar-refractivity contribution >= 4 is 23.4 Å². The van der Waals surface area contributed by atoms with Crippen LogP contribution in [0.2, 0.25) is 0 Å². The highest BCUT2D eigenvalue weighted by atomic mass is 32.2. The first kappa shape index (κ1) is 17.1. The molecule has 3 aromatic rings. The Kier molecular flexibility index (Phi) is 5.74. The smallest absolute Gasteiger partial charge is 0.234 e. The van der Waals surface area contributed by atoms with Gasteiger partial charge in [-0.05, 0) is 29.8 Å². The molecule has 3 rings (SSSR count). The molecule has 0 spiro atoms. The van der Waals surface area contributed by atoms with Crippen LogP contribution < -0.4 is 10.1 Å². The number of anilines is 1. The first-order chi connectivity index (χ1) is 12.2. The van der Waals surface area contributed by atoms with Gasteiger partial charge in [-0.15, -0.1) is 0 Å². The number of benzene rings is 2. The number of nitrogens with zero attached hydrogens (tertiary/aromatic N) is 2. The molecule has 0 aliphatic rings. The molecule has 1 amide bonds. The fourth-order valence-corrected chi connectivity index (χ4v) is 2.93. The first-order valence-electron chi connectivity index (χ1n) is 7.87. The highest BCUT2D eigenvalue weighted by molar-refractivity contribution is 7.99. The van der Waals surface area contributed by atoms with Crippen molar-refractivity contribution in [1.29, 1.82) is 0 Å². The third kappa shape index (κ3) is 5.12. The van der Waals surface area contributed by atoms with Crippen LogP contribution in [0.25, 0.3) is 0 Å². The topological polar surface area (TPSA) is 56.2 Å². The molecule has 1 heterocycles. The minimum Gasteiger partial charge on any atom is -0.489 e. The van der Waals surface area contributed by atoms with E-state index in [9.17, 15) is 4.79 Å². The molecule has 1 N–H and O–H groups in total. The summed E-state index contributed by atoms with van der Waals surface area (Å²) in [6, 6.07) is 17.4. The number of carbonyl (C=O) groups is 1. The summed E-state index contributed by atoms with van der Waals surface area (Å²) in [7, 11) is 1.90. The molecule has 0 radical (unpaired) electrons. The number of hydrogen-bond donors (Lipinski definition) is 1. The van der Waals surface area contributed by atoms with Gasteiger partial charge in [0.25, 0.3) is 0 Å². The van der Waals surface area contributed by atoms with E-state index in [0.29, 0.717) is 12.4 Å². The predicted octanol–water partition coefficient (Wildman–Crippen LogP) is 3.73. The lowest BCUT2D eigenvalue weighted by atomic mass is 10.2. The molecule has 5 nitrogen and oxygen atoms in total. The van der Waals surface area contributed by atoms with E-state index in [4.69, 9.17) is 4.74 Å². The number of rotatable bonds is 7. The third-order valence-electron chi connectivity index (χ3n) is 3.50. The summed E-state index contributed by atoms with van der Waals surface area (Å²) in [5.74, 6) is 1.02. The molecule has 128 valence electrons. The van der Waals surface area contributed by atoms with Crippen molar-refractivity contribution in [2.45, 2.75) is 11.8 Å². The predicted molar refractivity (Wildman–Crippen MR) is 99.8 cm³/mol. The molecule has 2 aromatic carbocycles. The van der Waals surface area contributed by atoms with E-state index < -0.39 is 0 Å². The summed E-state index contributed by atoms with van der Waals surface area (Å²) < 4.78 is 7.62. The number of thioether (sulfide) groups is 1. The molecule has 0 fully saturated rings. The number of amides is 1. The molecular weight excluding hydrogens is 334 g/mol. The number of ether oxygens (including phenoxy) is 1. The summed E-state index contributed by atoms with van der Waals surface area (Å²) in [4.78, 5) is 16.2. The van der Waals surface area contributed by atoms with Gasteiger partial charge in [-0.2, -0.15) is 0 Å².